The molecular formula is C12H23N3O3. The summed E-state index contributed by atoms with van der Waals surface area (Å²) >= 11 is 0. The van der Waals surface area contributed by atoms with Gasteiger partial charge in [0.05, 0.1) is 6.42 Å². The van der Waals surface area contributed by atoms with Gasteiger partial charge in [-0.2, -0.15) is 0 Å². The fraction of sp³-hybridized carbons (Fsp3) is 0.833. The molecule has 2 amide bonds. The quantitative estimate of drug-likeness (QED) is 0.773. The molecule has 6 nitrogen and oxygen atoms in total. The zero-order valence-corrected chi connectivity index (χ0v) is 11.2. The topological polar surface area (TPSA) is 72.9 Å². The summed E-state index contributed by atoms with van der Waals surface area (Å²) in [6, 6.07) is -0.0250. The number of carbonyl (C=O) groups excluding carboxylic acids is 1. The number of rotatable bonds is 4. The number of nitrogens with zero attached hydrogens (tertiary/aromatic N) is 2. The lowest BCUT2D eigenvalue weighted by atomic mass is 10.3. The van der Waals surface area contributed by atoms with Crippen LogP contribution in [0, 0.1) is 0 Å². The summed E-state index contributed by atoms with van der Waals surface area (Å²) in [6.07, 6.45) is 0.937. The number of amides is 2. The van der Waals surface area contributed by atoms with Gasteiger partial charge in [0.15, 0.2) is 0 Å². The van der Waals surface area contributed by atoms with Crippen molar-refractivity contribution in [2.24, 2.45) is 0 Å². The van der Waals surface area contributed by atoms with Crippen molar-refractivity contribution >= 4 is 12.0 Å². The van der Waals surface area contributed by atoms with Crippen molar-refractivity contribution in [2.75, 3.05) is 32.7 Å². The Kier molecular flexibility index (Phi) is 5.91. The van der Waals surface area contributed by atoms with Gasteiger partial charge in [-0.05, 0) is 26.8 Å². The van der Waals surface area contributed by atoms with E-state index in [1.807, 2.05) is 18.7 Å². The molecule has 0 aromatic carbocycles. The highest BCUT2D eigenvalue weighted by molar-refractivity contribution is 5.75. The summed E-state index contributed by atoms with van der Waals surface area (Å²) in [5, 5.41) is 12.0. The molecule has 0 unspecified atom stereocenters. The van der Waals surface area contributed by atoms with E-state index in [1.54, 1.807) is 4.90 Å². The standard InChI is InChI=1S/C12H23N3O3/c1-10(2)15(8-4-11(16)17)12(18)14-7-3-5-13-6-9-14/h10,13H,3-9H2,1-2H3,(H,16,17). The van der Waals surface area contributed by atoms with E-state index in [0.717, 1.165) is 26.1 Å². The SMILES string of the molecule is CC(C)N(CCC(=O)O)C(=O)N1CCCNCC1. The Labute approximate surface area is 108 Å². The molecule has 0 saturated carbocycles. The number of aliphatic carboxylic acids is 1. The normalized spacial score (nSPS) is 16.5. The van der Waals surface area contributed by atoms with Gasteiger partial charge in [0, 0.05) is 32.2 Å². The second kappa shape index (κ2) is 7.20. The minimum atomic E-state index is -0.869. The molecule has 1 aliphatic rings. The maximum absolute atomic E-state index is 12.3. The lowest BCUT2D eigenvalue weighted by Crippen LogP contribution is -2.48. The first kappa shape index (κ1) is 14.8. The van der Waals surface area contributed by atoms with E-state index < -0.39 is 5.97 Å². The molecule has 1 fully saturated rings. The van der Waals surface area contributed by atoms with Gasteiger partial charge in [-0.1, -0.05) is 0 Å². The lowest BCUT2D eigenvalue weighted by molar-refractivity contribution is -0.137. The molecule has 0 atom stereocenters. The third kappa shape index (κ3) is 4.52. The van der Waals surface area contributed by atoms with Crippen LogP contribution >= 0.6 is 0 Å². The Morgan fingerprint density at radius 2 is 2.06 bits per heavy atom. The molecule has 1 heterocycles. The fourth-order valence-corrected chi connectivity index (χ4v) is 2.01. The summed E-state index contributed by atoms with van der Waals surface area (Å²) in [5.41, 5.74) is 0. The number of hydrogen-bond acceptors (Lipinski definition) is 3. The molecule has 1 aliphatic heterocycles. The van der Waals surface area contributed by atoms with Crippen molar-refractivity contribution in [2.45, 2.75) is 32.7 Å². The number of hydrogen-bond donors (Lipinski definition) is 2. The molecule has 0 radical (unpaired) electrons. The van der Waals surface area contributed by atoms with Crippen molar-refractivity contribution in [3.05, 3.63) is 0 Å². The molecule has 0 spiro atoms. The maximum atomic E-state index is 12.3. The maximum Gasteiger partial charge on any atom is 0.320 e. The monoisotopic (exact) mass is 257 g/mol. The summed E-state index contributed by atoms with van der Waals surface area (Å²) in [6.45, 7) is 7.26. The van der Waals surface area contributed by atoms with Crippen molar-refractivity contribution in [1.29, 1.82) is 0 Å². The Bertz CT molecular complexity index is 286. The van der Waals surface area contributed by atoms with E-state index in [0.29, 0.717) is 6.54 Å². The average Bonchev–Trinajstić information content (AvgIpc) is 2.56. The highest BCUT2D eigenvalue weighted by Crippen LogP contribution is 2.07. The first-order chi connectivity index (χ1) is 8.52. The summed E-state index contributed by atoms with van der Waals surface area (Å²) < 4.78 is 0. The molecule has 104 valence electrons. The Hall–Kier alpha value is -1.30. The van der Waals surface area contributed by atoms with Gasteiger partial charge in [0.2, 0.25) is 0 Å². The van der Waals surface area contributed by atoms with Crippen molar-refractivity contribution in [3.63, 3.8) is 0 Å². The van der Waals surface area contributed by atoms with Crippen LogP contribution in [0.1, 0.15) is 26.7 Å². The molecule has 0 aromatic heterocycles. The minimum Gasteiger partial charge on any atom is -0.481 e. The fourth-order valence-electron chi connectivity index (χ4n) is 2.01. The molecule has 6 heteroatoms. The van der Waals surface area contributed by atoms with Crippen molar-refractivity contribution < 1.29 is 14.7 Å². The van der Waals surface area contributed by atoms with Crippen LogP contribution in [0.5, 0.6) is 0 Å². The number of carboxylic acid groups (broad SMARTS) is 1. The Morgan fingerprint density at radius 1 is 1.33 bits per heavy atom. The number of urea groups is 1. The van der Waals surface area contributed by atoms with Crippen molar-refractivity contribution in [1.82, 2.24) is 15.1 Å². The zero-order valence-electron chi connectivity index (χ0n) is 11.2. The zero-order chi connectivity index (χ0) is 13.5. The number of nitrogens with one attached hydrogen (secondary N) is 1. The van der Waals surface area contributed by atoms with Gasteiger partial charge >= 0.3 is 12.0 Å². The largest absolute Gasteiger partial charge is 0.481 e. The molecular weight excluding hydrogens is 234 g/mol. The molecule has 2 N–H and O–H groups in total. The smallest absolute Gasteiger partial charge is 0.320 e. The average molecular weight is 257 g/mol. The van der Waals surface area contributed by atoms with Crippen LogP contribution in [-0.2, 0) is 4.79 Å². The highest BCUT2D eigenvalue weighted by Gasteiger charge is 2.24. The van der Waals surface area contributed by atoms with Crippen LogP contribution in [-0.4, -0.2) is 65.7 Å². The second-order valence-electron chi connectivity index (χ2n) is 4.80. The van der Waals surface area contributed by atoms with E-state index in [4.69, 9.17) is 5.11 Å². The van der Waals surface area contributed by atoms with Crippen LogP contribution in [0.2, 0.25) is 0 Å². The lowest BCUT2D eigenvalue weighted by Gasteiger charge is -2.32. The van der Waals surface area contributed by atoms with Gasteiger partial charge in [-0.15, -0.1) is 0 Å². The second-order valence-corrected chi connectivity index (χ2v) is 4.80. The summed E-state index contributed by atoms with van der Waals surface area (Å²) in [4.78, 5) is 26.4. The van der Waals surface area contributed by atoms with Gasteiger partial charge in [-0.25, -0.2) is 4.79 Å². The van der Waals surface area contributed by atoms with Gasteiger partial charge in [0.1, 0.15) is 0 Å². The molecule has 0 aromatic rings. The highest BCUT2D eigenvalue weighted by atomic mass is 16.4. The van der Waals surface area contributed by atoms with E-state index in [-0.39, 0.29) is 25.0 Å². The van der Waals surface area contributed by atoms with Crippen LogP contribution in [0.3, 0.4) is 0 Å². The van der Waals surface area contributed by atoms with Crippen molar-refractivity contribution in [3.8, 4) is 0 Å². The van der Waals surface area contributed by atoms with Gasteiger partial charge in [0.25, 0.3) is 0 Å². The van der Waals surface area contributed by atoms with E-state index in [9.17, 15) is 9.59 Å². The predicted molar refractivity (Wildman–Crippen MR) is 68.6 cm³/mol. The summed E-state index contributed by atoms with van der Waals surface area (Å²) in [7, 11) is 0. The summed E-state index contributed by atoms with van der Waals surface area (Å²) in [5.74, 6) is -0.869. The molecule has 18 heavy (non-hydrogen) atoms. The van der Waals surface area contributed by atoms with Crippen LogP contribution in [0.25, 0.3) is 0 Å². The Balaban J connectivity index is 2.59. The van der Waals surface area contributed by atoms with E-state index in [1.165, 1.54) is 0 Å². The third-order valence-electron chi connectivity index (χ3n) is 3.05. The first-order valence-electron chi connectivity index (χ1n) is 6.50. The first-order valence-corrected chi connectivity index (χ1v) is 6.50. The minimum absolute atomic E-state index is 0.00396. The van der Waals surface area contributed by atoms with E-state index in [2.05, 4.69) is 5.32 Å². The predicted octanol–water partition coefficient (Wildman–Crippen LogP) is 0.587. The Morgan fingerprint density at radius 3 is 2.67 bits per heavy atom. The van der Waals surface area contributed by atoms with Crippen LogP contribution < -0.4 is 5.32 Å². The number of carbonyl (C=O) groups is 2. The van der Waals surface area contributed by atoms with Gasteiger partial charge < -0.3 is 20.2 Å². The third-order valence-corrected chi connectivity index (χ3v) is 3.05. The van der Waals surface area contributed by atoms with Gasteiger partial charge in [-0.3, -0.25) is 4.79 Å². The molecule has 1 rings (SSSR count). The molecule has 0 aliphatic carbocycles. The molecule has 0 bridgehead atoms. The number of carboxylic acids is 1. The van der Waals surface area contributed by atoms with Crippen LogP contribution in [0.4, 0.5) is 4.79 Å². The van der Waals surface area contributed by atoms with E-state index >= 15 is 0 Å². The molecule has 1 saturated heterocycles. The van der Waals surface area contributed by atoms with Crippen LogP contribution in [0.15, 0.2) is 0 Å².